The molecule has 1 aliphatic rings. The number of nitrogens with one attached hydrogen (secondary N) is 1. The molecule has 1 aromatic heterocycles. The number of aromatic nitrogens is 1. The minimum absolute atomic E-state index is 0.0813. The second-order valence-corrected chi connectivity index (χ2v) is 4.58. The number of carbonyl (C=O) groups excluding carboxylic acids is 1. The SMILES string of the molecule is CCc1cc(C(=O)N2CCOC(C#N)C2)cc(NC)n1. The van der Waals surface area contributed by atoms with Crippen LogP contribution in [0, 0.1) is 11.3 Å². The van der Waals surface area contributed by atoms with Crippen molar-refractivity contribution < 1.29 is 9.53 Å². The van der Waals surface area contributed by atoms with Gasteiger partial charge in [0.25, 0.3) is 5.91 Å². The van der Waals surface area contributed by atoms with Crippen LogP contribution in [0.4, 0.5) is 5.82 Å². The number of anilines is 1. The van der Waals surface area contributed by atoms with Crippen LogP contribution in [0.1, 0.15) is 23.0 Å². The van der Waals surface area contributed by atoms with Gasteiger partial charge in [-0.2, -0.15) is 5.26 Å². The highest BCUT2D eigenvalue weighted by Crippen LogP contribution is 2.15. The lowest BCUT2D eigenvalue weighted by molar-refractivity contribution is 0.00346. The lowest BCUT2D eigenvalue weighted by atomic mass is 10.1. The van der Waals surface area contributed by atoms with Crippen LogP contribution in [0.2, 0.25) is 0 Å². The second-order valence-electron chi connectivity index (χ2n) is 4.58. The Labute approximate surface area is 118 Å². The van der Waals surface area contributed by atoms with Crippen LogP contribution in [-0.4, -0.2) is 48.6 Å². The Hall–Kier alpha value is -2.13. The quantitative estimate of drug-likeness (QED) is 0.891. The van der Waals surface area contributed by atoms with Crippen LogP contribution in [0.25, 0.3) is 0 Å². The molecule has 1 aliphatic heterocycles. The second kappa shape index (κ2) is 6.35. The highest BCUT2D eigenvalue weighted by Gasteiger charge is 2.25. The molecule has 1 N–H and O–H groups in total. The molecule has 0 radical (unpaired) electrons. The smallest absolute Gasteiger partial charge is 0.254 e. The van der Waals surface area contributed by atoms with Gasteiger partial charge in [-0.15, -0.1) is 0 Å². The van der Waals surface area contributed by atoms with Crippen LogP contribution >= 0.6 is 0 Å². The van der Waals surface area contributed by atoms with E-state index < -0.39 is 6.10 Å². The third-order valence-corrected chi connectivity index (χ3v) is 3.24. The predicted octanol–water partition coefficient (Wildman–Crippen LogP) is 1.05. The number of amides is 1. The molecule has 1 fully saturated rings. The molecule has 20 heavy (non-hydrogen) atoms. The minimum atomic E-state index is -0.538. The zero-order valence-corrected chi connectivity index (χ0v) is 11.7. The van der Waals surface area contributed by atoms with Gasteiger partial charge in [-0.25, -0.2) is 4.98 Å². The Morgan fingerprint density at radius 2 is 2.45 bits per heavy atom. The van der Waals surface area contributed by atoms with Crippen LogP contribution in [0.15, 0.2) is 12.1 Å². The van der Waals surface area contributed by atoms with Crippen molar-refractivity contribution >= 4 is 11.7 Å². The molecule has 1 atom stereocenters. The van der Waals surface area contributed by atoms with E-state index in [1.165, 1.54) is 0 Å². The van der Waals surface area contributed by atoms with Crippen molar-refractivity contribution in [2.24, 2.45) is 0 Å². The van der Waals surface area contributed by atoms with Gasteiger partial charge in [-0.05, 0) is 18.6 Å². The molecule has 1 saturated heterocycles. The van der Waals surface area contributed by atoms with E-state index in [4.69, 9.17) is 10.00 Å². The third kappa shape index (κ3) is 3.06. The number of nitrogens with zero attached hydrogens (tertiary/aromatic N) is 3. The number of morpholine rings is 1. The Balaban J connectivity index is 2.22. The molecule has 0 saturated carbocycles. The van der Waals surface area contributed by atoms with Gasteiger partial charge in [0, 0.05) is 24.8 Å². The fourth-order valence-corrected chi connectivity index (χ4v) is 2.11. The highest BCUT2D eigenvalue weighted by atomic mass is 16.5. The van der Waals surface area contributed by atoms with Gasteiger partial charge in [0.05, 0.1) is 19.2 Å². The Kier molecular flexibility index (Phi) is 4.53. The van der Waals surface area contributed by atoms with Crippen LogP contribution in [-0.2, 0) is 11.2 Å². The first kappa shape index (κ1) is 14.3. The van der Waals surface area contributed by atoms with E-state index in [1.54, 1.807) is 24.1 Å². The zero-order chi connectivity index (χ0) is 14.5. The van der Waals surface area contributed by atoms with Crippen molar-refractivity contribution in [3.05, 3.63) is 23.4 Å². The number of carbonyl (C=O) groups is 1. The number of nitriles is 1. The number of hydrogen-bond acceptors (Lipinski definition) is 5. The summed E-state index contributed by atoms with van der Waals surface area (Å²) in [5, 5.41) is 11.9. The van der Waals surface area contributed by atoms with Crippen molar-refractivity contribution in [1.29, 1.82) is 5.26 Å². The summed E-state index contributed by atoms with van der Waals surface area (Å²) in [6, 6.07) is 5.58. The summed E-state index contributed by atoms with van der Waals surface area (Å²) < 4.78 is 5.25. The van der Waals surface area contributed by atoms with Gasteiger partial charge >= 0.3 is 0 Å². The van der Waals surface area contributed by atoms with E-state index in [-0.39, 0.29) is 5.91 Å². The molecule has 6 nitrogen and oxygen atoms in total. The van der Waals surface area contributed by atoms with Crippen molar-refractivity contribution in [1.82, 2.24) is 9.88 Å². The fourth-order valence-electron chi connectivity index (χ4n) is 2.11. The largest absolute Gasteiger partial charge is 0.373 e. The Bertz CT molecular complexity index is 516. The standard InChI is InChI=1S/C14H18N4O2/c1-3-11-6-10(7-13(16-2)17-11)14(19)18-4-5-20-12(8-15)9-18/h6-7,12H,3-5,9H2,1-2H3,(H,16,17). The molecular formula is C14H18N4O2. The number of rotatable bonds is 3. The summed E-state index contributed by atoms with van der Waals surface area (Å²) in [4.78, 5) is 18.5. The molecule has 106 valence electrons. The molecule has 1 amide bonds. The highest BCUT2D eigenvalue weighted by molar-refractivity contribution is 5.95. The molecule has 1 unspecified atom stereocenters. The van der Waals surface area contributed by atoms with Crippen molar-refractivity contribution in [3.63, 3.8) is 0 Å². The third-order valence-electron chi connectivity index (χ3n) is 3.24. The maximum Gasteiger partial charge on any atom is 0.254 e. The van der Waals surface area contributed by atoms with E-state index in [2.05, 4.69) is 10.3 Å². The number of hydrogen-bond donors (Lipinski definition) is 1. The van der Waals surface area contributed by atoms with Gasteiger partial charge in [-0.1, -0.05) is 6.92 Å². The summed E-state index contributed by atoms with van der Waals surface area (Å²) in [5.41, 5.74) is 1.46. The molecule has 0 aliphatic carbocycles. The monoisotopic (exact) mass is 274 g/mol. The Morgan fingerprint density at radius 1 is 1.65 bits per heavy atom. The summed E-state index contributed by atoms with van der Waals surface area (Å²) in [6.07, 6.45) is 0.226. The number of aryl methyl sites for hydroxylation is 1. The lowest BCUT2D eigenvalue weighted by Gasteiger charge is -2.30. The fraction of sp³-hybridized carbons (Fsp3) is 0.500. The molecule has 6 heteroatoms. The maximum atomic E-state index is 12.5. The van der Waals surface area contributed by atoms with Crippen LogP contribution in [0.3, 0.4) is 0 Å². The zero-order valence-electron chi connectivity index (χ0n) is 11.7. The summed E-state index contributed by atoms with van der Waals surface area (Å²) >= 11 is 0. The predicted molar refractivity (Wildman–Crippen MR) is 74.4 cm³/mol. The van der Waals surface area contributed by atoms with Crippen molar-refractivity contribution in [3.8, 4) is 6.07 Å². The average Bonchev–Trinajstić information content (AvgIpc) is 2.53. The molecule has 0 spiro atoms. The van der Waals surface area contributed by atoms with E-state index in [1.807, 2.05) is 13.0 Å². The topological polar surface area (TPSA) is 78.2 Å². The minimum Gasteiger partial charge on any atom is -0.373 e. The van der Waals surface area contributed by atoms with Gasteiger partial charge in [0.2, 0.25) is 0 Å². The summed E-state index contributed by atoms with van der Waals surface area (Å²) in [6.45, 7) is 3.22. The van der Waals surface area contributed by atoms with Crippen molar-refractivity contribution in [2.45, 2.75) is 19.4 Å². The van der Waals surface area contributed by atoms with E-state index in [0.29, 0.717) is 31.1 Å². The lowest BCUT2D eigenvalue weighted by Crippen LogP contribution is -2.45. The molecular weight excluding hydrogens is 256 g/mol. The van der Waals surface area contributed by atoms with Gasteiger partial charge in [-0.3, -0.25) is 4.79 Å². The first-order chi connectivity index (χ1) is 9.67. The summed E-state index contributed by atoms with van der Waals surface area (Å²) in [5.74, 6) is 0.597. The van der Waals surface area contributed by atoms with Gasteiger partial charge < -0.3 is 15.0 Å². The van der Waals surface area contributed by atoms with Gasteiger partial charge in [0.15, 0.2) is 6.10 Å². The molecule has 2 heterocycles. The average molecular weight is 274 g/mol. The van der Waals surface area contributed by atoms with Gasteiger partial charge in [0.1, 0.15) is 5.82 Å². The number of ether oxygens (including phenoxy) is 1. The summed E-state index contributed by atoms with van der Waals surface area (Å²) in [7, 11) is 1.77. The molecule has 0 aromatic carbocycles. The van der Waals surface area contributed by atoms with Crippen molar-refractivity contribution in [2.75, 3.05) is 32.1 Å². The van der Waals surface area contributed by atoms with Crippen LogP contribution < -0.4 is 5.32 Å². The number of pyridine rings is 1. The first-order valence-corrected chi connectivity index (χ1v) is 6.67. The maximum absolute atomic E-state index is 12.5. The first-order valence-electron chi connectivity index (χ1n) is 6.67. The van der Waals surface area contributed by atoms with Crippen LogP contribution in [0.5, 0.6) is 0 Å². The van der Waals surface area contributed by atoms with E-state index in [0.717, 1.165) is 12.1 Å². The normalized spacial score (nSPS) is 18.4. The molecule has 1 aromatic rings. The van der Waals surface area contributed by atoms with E-state index in [9.17, 15) is 4.79 Å². The van der Waals surface area contributed by atoms with E-state index >= 15 is 0 Å². The Morgan fingerprint density at radius 3 is 3.10 bits per heavy atom. The molecule has 2 rings (SSSR count). The molecule has 0 bridgehead atoms.